The molecule has 0 N–H and O–H groups in total. The molecule has 0 aromatic rings. The van der Waals surface area contributed by atoms with E-state index in [1.165, 1.54) is 50.5 Å². The number of thioether (sulfide) groups is 2. The van der Waals surface area contributed by atoms with Crippen LogP contribution in [0, 0.1) is 0 Å². The Balaban J connectivity index is 2.16. The van der Waals surface area contributed by atoms with Crippen molar-refractivity contribution < 1.29 is 9.53 Å². The predicted octanol–water partition coefficient (Wildman–Crippen LogP) is 4.60. The fourth-order valence-corrected chi connectivity index (χ4v) is 4.43. The first-order valence-corrected chi connectivity index (χ1v) is 8.83. The van der Waals surface area contributed by atoms with Gasteiger partial charge in [0.25, 0.3) is 0 Å². The second-order valence-electron chi connectivity index (χ2n) is 4.46. The Morgan fingerprint density at radius 1 is 1.28 bits per heavy atom. The summed E-state index contributed by atoms with van der Waals surface area (Å²) in [7, 11) is 1.46. The van der Waals surface area contributed by atoms with Gasteiger partial charge in [-0.15, -0.1) is 23.5 Å². The normalized spacial score (nSPS) is 15.2. The number of ether oxygens (including phenoxy) is 1. The summed E-state index contributed by atoms with van der Waals surface area (Å²) in [5, 5.41) is 0. The van der Waals surface area contributed by atoms with Crippen LogP contribution in [-0.4, -0.2) is 24.6 Å². The Labute approximate surface area is 119 Å². The molecular formula is C14H24O2S2. The zero-order valence-corrected chi connectivity index (χ0v) is 13.1. The zero-order chi connectivity index (χ0) is 13.2. The highest BCUT2D eigenvalue weighted by Gasteiger charge is 2.22. The minimum absolute atomic E-state index is 0.150. The molecule has 104 valence electrons. The molecular weight excluding hydrogens is 264 g/mol. The molecule has 4 heteroatoms. The second-order valence-corrected chi connectivity index (χ2v) is 6.75. The van der Waals surface area contributed by atoms with E-state index in [2.05, 4.69) is 6.92 Å². The van der Waals surface area contributed by atoms with E-state index in [-0.39, 0.29) is 5.97 Å². The third-order valence-electron chi connectivity index (χ3n) is 2.97. The van der Waals surface area contributed by atoms with Gasteiger partial charge in [-0.1, -0.05) is 39.0 Å². The van der Waals surface area contributed by atoms with Crippen molar-refractivity contribution in [2.45, 2.75) is 51.9 Å². The Kier molecular flexibility index (Phi) is 8.68. The molecule has 0 aromatic heterocycles. The fourth-order valence-electron chi connectivity index (χ4n) is 1.92. The van der Waals surface area contributed by atoms with Gasteiger partial charge in [-0.05, 0) is 18.6 Å². The summed E-state index contributed by atoms with van der Waals surface area (Å²) < 4.78 is 4.81. The van der Waals surface area contributed by atoms with Gasteiger partial charge in [0.2, 0.25) is 0 Å². The number of methoxy groups -OCH3 is 1. The van der Waals surface area contributed by atoms with Gasteiger partial charge in [-0.25, -0.2) is 4.79 Å². The van der Waals surface area contributed by atoms with Crippen molar-refractivity contribution in [3.63, 3.8) is 0 Å². The maximum atomic E-state index is 11.5. The summed E-state index contributed by atoms with van der Waals surface area (Å²) in [4.78, 5) is 13.6. The van der Waals surface area contributed by atoms with Crippen LogP contribution >= 0.6 is 23.5 Å². The van der Waals surface area contributed by atoms with Gasteiger partial charge in [0.15, 0.2) is 0 Å². The molecule has 1 rings (SSSR count). The second kappa shape index (κ2) is 9.79. The Hall–Kier alpha value is -0.0900. The molecule has 0 radical (unpaired) electrons. The van der Waals surface area contributed by atoms with Gasteiger partial charge < -0.3 is 4.74 Å². The quantitative estimate of drug-likeness (QED) is 0.457. The molecule has 0 aliphatic carbocycles. The molecule has 0 aromatic carbocycles. The van der Waals surface area contributed by atoms with E-state index in [0.29, 0.717) is 0 Å². The molecule has 1 aliphatic heterocycles. The van der Waals surface area contributed by atoms with Crippen LogP contribution in [0.5, 0.6) is 0 Å². The lowest BCUT2D eigenvalue weighted by Crippen LogP contribution is -2.01. The van der Waals surface area contributed by atoms with Crippen LogP contribution in [0.25, 0.3) is 0 Å². The van der Waals surface area contributed by atoms with Gasteiger partial charge in [-0.3, -0.25) is 0 Å². The SMILES string of the molecule is CCCCCCCCSC1=C(C(=O)OC)SCC1. The van der Waals surface area contributed by atoms with Crippen molar-refractivity contribution in [1.82, 2.24) is 0 Å². The molecule has 0 spiro atoms. The summed E-state index contributed by atoms with van der Waals surface area (Å²) in [6, 6.07) is 0. The maximum Gasteiger partial charge on any atom is 0.345 e. The summed E-state index contributed by atoms with van der Waals surface area (Å²) >= 11 is 3.50. The largest absolute Gasteiger partial charge is 0.465 e. The molecule has 0 amide bonds. The number of unbranched alkanes of at least 4 members (excludes halogenated alkanes) is 5. The third-order valence-corrected chi connectivity index (χ3v) is 5.46. The summed E-state index contributed by atoms with van der Waals surface area (Å²) in [6.07, 6.45) is 9.01. The van der Waals surface area contributed by atoms with E-state index in [1.54, 1.807) is 11.8 Å². The van der Waals surface area contributed by atoms with Crippen molar-refractivity contribution in [3.8, 4) is 0 Å². The van der Waals surface area contributed by atoms with E-state index >= 15 is 0 Å². The predicted molar refractivity (Wildman–Crippen MR) is 82.0 cm³/mol. The van der Waals surface area contributed by atoms with Gasteiger partial charge in [0, 0.05) is 10.7 Å². The van der Waals surface area contributed by atoms with Crippen molar-refractivity contribution in [2.24, 2.45) is 0 Å². The average molecular weight is 288 g/mol. The highest BCUT2D eigenvalue weighted by Crippen LogP contribution is 2.38. The number of hydrogen-bond acceptors (Lipinski definition) is 4. The molecule has 0 unspecified atom stereocenters. The smallest absolute Gasteiger partial charge is 0.345 e. The van der Waals surface area contributed by atoms with E-state index in [1.807, 2.05) is 11.8 Å². The van der Waals surface area contributed by atoms with Crippen LogP contribution in [0.15, 0.2) is 9.81 Å². The molecule has 2 nitrogen and oxygen atoms in total. The van der Waals surface area contributed by atoms with E-state index in [9.17, 15) is 4.79 Å². The van der Waals surface area contributed by atoms with Crippen LogP contribution in [-0.2, 0) is 9.53 Å². The van der Waals surface area contributed by atoms with Gasteiger partial charge in [0.1, 0.15) is 4.91 Å². The molecule has 0 saturated carbocycles. The van der Waals surface area contributed by atoms with Crippen molar-refractivity contribution in [2.75, 3.05) is 18.6 Å². The van der Waals surface area contributed by atoms with Gasteiger partial charge in [0.05, 0.1) is 7.11 Å². The number of carbonyl (C=O) groups excluding carboxylic acids is 1. The lowest BCUT2D eigenvalue weighted by Gasteiger charge is -2.05. The summed E-state index contributed by atoms with van der Waals surface area (Å²) in [6.45, 7) is 2.24. The summed E-state index contributed by atoms with van der Waals surface area (Å²) in [5.74, 6) is 2.02. The lowest BCUT2D eigenvalue weighted by molar-refractivity contribution is -0.135. The first kappa shape index (κ1) is 16.0. The van der Waals surface area contributed by atoms with Gasteiger partial charge in [-0.2, -0.15) is 0 Å². The molecule has 1 aliphatic rings. The van der Waals surface area contributed by atoms with Crippen LogP contribution in [0.2, 0.25) is 0 Å². The van der Waals surface area contributed by atoms with Crippen molar-refractivity contribution in [1.29, 1.82) is 0 Å². The minimum atomic E-state index is -0.150. The number of carbonyl (C=O) groups is 1. The fraction of sp³-hybridized carbons (Fsp3) is 0.786. The average Bonchev–Trinajstić information content (AvgIpc) is 2.85. The van der Waals surface area contributed by atoms with Crippen LogP contribution in [0.1, 0.15) is 51.9 Å². The van der Waals surface area contributed by atoms with Crippen LogP contribution in [0.4, 0.5) is 0 Å². The topological polar surface area (TPSA) is 26.3 Å². The number of allylic oxidation sites excluding steroid dienone is 1. The number of hydrogen-bond donors (Lipinski definition) is 0. The van der Waals surface area contributed by atoms with Gasteiger partial charge >= 0.3 is 5.97 Å². The third kappa shape index (κ3) is 5.70. The first-order chi connectivity index (χ1) is 8.79. The van der Waals surface area contributed by atoms with E-state index < -0.39 is 0 Å². The Morgan fingerprint density at radius 2 is 2.00 bits per heavy atom. The first-order valence-electron chi connectivity index (χ1n) is 6.86. The summed E-state index contributed by atoms with van der Waals surface area (Å²) in [5.41, 5.74) is 0. The molecule has 0 bridgehead atoms. The molecule has 1 heterocycles. The number of esters is 1. The molecule has 0 fully saturated rings. The highest BCUT2D eigenvalue weighted by atomic mass is 32.2. The van der Waals surface area contributed by atoms with Crippen molar-refractivity contribution >= 4 is 29.5 Å². The minimum Gasteiger partial charge on any atom is -0.465 e. The molecule has 0 saturated heterocycles. The monoisotopic (exact) mass is 288 g/mol. The van der Waals surface area contributed by atoms with E-state index in [4.69, 9.17) is 4.74 Å². The number of rotatable bonds is 9. The lowest BCUT2D eigenvalue weighted by atomic mass is 10.1. The molecule has 18 heavy (non-hydrogen) atoms. The zero-order valence-electron chi connectivity index (χ0n) is 11.5. The highest BCUT2D eigenvalue weighted by molar-refractivity contribution is 8.08. The van der Waals surface area contributed by atoms with Crippen LogP contribution in [0.3, 0.4) is 0 Å². The Bertz CT molecular complexity index is 288. The van der Waals surface area contributed by atoms with E-state index in [0.717, 1.165) is 22.8 Å². The Morgan fingerprint density at radius 3 is 2.72 bits per heavy atom. The standard InChI is InChI=1S/C14H24O2S2/c1-3-4-5-6-7-8-10-17-12-9-11-18-13(12)14(15)16-2/h3-11H2,1-2H3. The van der Waals surface area contributed by atoms with Crippen LogP contribution < -0.4 is 0 Å². The van der Waals surface area contributed by atoms with Crippen molar-refractivity contribution in [3.05, 3.63) is 9.81 Å². The maximum absolute atomic E-state index is 11.5. The molecule has 0 atom stereocenters.